The summed E-state index contributed by atoms with van der Waals surface area (Å²) < 4.78 is 0. The minimum atomic E-state index is 1.03. The maximum atomic E-state index is 4.25. The Morgan fingerprint density at radius 1 is 1.33 bits per heavy atom. The highest BCUT2D eigenvalue weighted by Gasteiger charge is 1.79. The first-order valence-corrected chi connectivity index (χ1v) is 4.09. The molecule has 0 unspecified atom stereocenters. The summed E-state index contributed by atoms with van der Waals surface area (Å²) in [6.45, 7) is 4.01. The molecule has 0 aliphatic heterocycles. The number of hydrogen-bond donors (Lipinski definition) is 0. The second-order valence-corrected chi connectivity index (χ2v) is 2.46. The highest BCUT2D eigenvalue weighted by molar-refractivity contribution is 5.36. The second kappa shape index (κ2) is 4.50. The predicted molar refractivity (Wildman–Crippen MR) is 52.9 cm³/mol. The van der Waals surface area contributed by atoms with E-state index in [0.717, 1.165) is 5.35 Å². The molecule has 1 heteroatoms. The van der Waals surface area contributed by atoms with Crippen LogP contribution in [0, 0.1) is 0 Å². The smallest absolute Gasteiger partial charge is 0.0698 e. The Labute approximate surface area is 72.8 Å². The summed E-state index contributed by atoms with van der Waals surface area (Å²) in [6, 6.07) is 4.00. The molecule has 0 spiro atoms. The molecule has 0 atom stereocenters. The van der Waals surface area contributed by atoms with E-state index in [0.29, 0.717) is 0 Å². The molecule has 0 N–H and O–H groups in total. The highest BCUT2D eigenvalue weighted by atomic mass is 14.6. The van der Waals surface area contributed by atoms with Gasteiger partial charge in [0.25, 0.3) is 0 Å². The molecule has 1 heterocycles. The lowest BCUT2D eigenvalue weighted by Crippen LogP contribution is -2.26. The van der Waals surface area contributed by atoms with Gasteiger partial charge < -0.3 is 0 Å². The largest absolute Gasteiger partial charge is 0.256 e. The van der Waals surface area contributed by atoms with E-state index in [1.807, 2.05) is 44.3 Å². The number of nitrogens with zero attached hydrogens (tertiary/aromatic N) is 1. The number of allylic oxidation sites excluding steroid dienone is 2. The van der Waals surface area contributed by atoms with Crippen LogP contribution in [-0.4, -0.2) is 4.98 Å². The van der Waals surface area contributed by atoms with E-state index in [9.17, 15) is 0 Å². The van der Waals surface area contributed by atoms with Gasteiger partial charge in [0.15, 0.2) is 0 Å². The quantitative estimate of drug-likeness (QED) is 0.600. The van der Waals surface area contributed by atoms with Crippen molar-refractivity contribution in [3.05, 3.63) is 41.0 Å². The standard InChI is InChI=1S/C11H13N/c1-3-5-8-11-10(4-2)7-6-9-12-11/h3-9H,1-2H3/b5-3-,10-4-,11-8+. The van der Waals surface area contributed by atoms with Gasteiger partial charge in [-0.15, -0.1) is 0 Å². The van der Waals surface area contributed by atoms with E-state index in [-0.39, 0.29) is 0 Å². The molecule has 0 aliphatic carbocycles. The average molecular weight is 159 g/mol. The average Bonchev–Trinajstić information content (AvgIpc) is 2.15. The topological polar surface area (TPSA) is 12.9 Å². The second-order valence-electron chi connectivity index (χ2n) is 2.46. The molecule has 1 aromatic rings. The van der Waals surface area contributed by atoms with E-state index < -0.39 is 0 Å². The lowest BCUT2D eigenvalue weighted by atomic mass is 10.3. The molecular weight excluding hydrogens is 146 g/mol. The monoisotopic (exact) mass is 159 g/mol. The van der Waals surface area contributed by atoms with Gasteiger partial charge in [0.1, 0.15) is 0 Å². The number of aromatic nitrogens is 1. The van der Waals surface area contributed by atoms with E-state index in [4.69, 9.17) is 0 Å². The minimum Gasteiger partial charge on any atom is -0.256 e. The van der Waals surface area contributed by atoms with Crippen molar-refractivity contribution in [2.75, 3.05) is 0 Å². The van der Waals surface area contributed by atoms with Gasteiger partial charge >= 0.3 is 0 Å². The molecule has 12 heavy (non-hydrogen) atoms. The number of hydrogen-bond acceptors (Lipinski definition) is 1. The van der Waals surface area contributed by atoms with Crippen LogP contribution >= 0.6 is 0 Å². The molecule has 0 radical (unpaired) electrons. The third-order valence-electron chi connectivity index (χ3n) is 1.63. The zero-order chi connectivity index (χ0) is 8.81. The SMILES string of the molecule is C\C=C/C=c1/nccc/c1=C/C. The fraction of sp³-hybridized carbons (Fsp3) is 0.182. The van der Waals surface area contributed by atoms with Crippen molar-refractivity contribution >= 4 is 12.2 Å². The van der Waals surface area contributed by atoms with Crippen molar-refractivity contribution in [3.8, 4) is 0 Å². The van der Waals surface area contributed by atoms with Gasteiger partial charge in [0.05, 0.1) is 5.35 Å². The summed E-state index contributed by atoms with van der Waals surface area (Å²) in [6.07, 6.45) is 9.86. The van der Waals surface area contributed by atoms with Gasteiger partial charge in [-0.1, -0.05) is 24.3 Å². The third-order valence-corrected chi connectivity index (χ3v) is 1.63. The summed E-state index contributed by atoms with van der Waals surface area (Å²) >= 11 is 0. The van der Waals surface area contributed by atoms with Gasteiger partial charge in [0, 0.05) is 6.20 Å². The van der Waals surface area contributed by atoms with Crippen LogP contribution < -0.4 is 10.6 Å². The first-order valence-electron chi connectivity index (χ1n) is 4.09. The van der Waals surface area contributed by atoms with Gasteiger partial charge in [0.2, 0.25) is 0 Å². The molecule has 0 aromatic carbocycles. The lowest BCUT2D eigenvalue weighted by Gasteiger charge is -1.85. The molecule has 0 saturated heterocycles. The summed E-state index contributed by atoms with van der Waals surface area (Å²) in [4.78, 5) is 4.25. The van der Waals surface area contributed by atoms with Crippen LogP contribution in [-0.2, 0) is 0 Å². The molecule has 0 aliphatic rings. The predicted octanol–water partition coefficient (Wildman–Crippen LogP) is 1.24. The number of pyridine rings is 1. The molecule has 0 amide bonds. The molecular formula is C11H13N. The maximum absolute atomic E-state index is 4.25. The zero-order valence-electron chi connectivity index (χ0n) is 7.49. The van der Waals surface area contributed by atoms with Crippen molar-refractivity contribution in [2.45, 2.75) is 13.8 Å². The Balaban J connectivity index is 3.33. The highest BCUT2D eigenvalue weighted by Crippen LogP contribution is 1.71. The maximum Gasteiger partial charge on any atom is 0.0698 e. The summed E-state index contributed by atoms with van der Waals surface area (Å²) in [5.41, 5.74) is 0. The van der Waals surface area contributed by atoms with Gasteiger partial charge in [-0.3, -0.25) is 4.98 Å². The molecule has 1 nitrogen and oxygen atoms in total. The molecule has 0 bridgehead atoms. The van der Waals surface area contributed by atoms with Crippen molar-refractivity contribution in [1.29, 1.82) is 0 Å². The normalized spacial score (nSPS) is 14.5. The van der Waals surface area contributed by atoms with Crippen molar-refractivity contribution in [3.63, 3.8) is 0 Å². The molecule has 1 rings (SSSR count). The first-order chi connectivity index (χ1) is 5.88. The van der Waals surface area contributed by atoms with Gasteiger partial charge in [-0.25, -0.2) is 0 Å². The van der Waals surface area contributed by atoms with Crippen LogP contribution in [0.5, 0.6) is 0 Å². The van der Waals surface area contributed by atoms with Crippen LogP contribution in [0.1, 0.15) is 13.8 Å². The van der Waals surface area contributed by atoms with Gasteiger partial charge in [-0.2, -0.15) is 0 Å². The first kappa shape index (κ1) is 8.72. The Bertz CT molecular complexity index is 374. The lowest BCUT2D eigenvalue weighted by molar-refractivity contribution is 1.22. The van der Waals surface area contributed by atoms with Crippen LogP contribution in [0.25, 0.3) is 12.2 Å². The van der Waals surface area contributed by atoms with Crippen LogP contribution in [0.3, 0.4) is 0 Å². The molecule has 62 valence electrons. The van der Waals surface area contributed by atoms with Crippen molar-refractivity contribution in [2.24, 2.45) is 0 Å². The third kappa shape index (κ3) is 2.06. The fourth-order valence-corrected chi connectivity index (χ4v) is 1.00. The van der Waals surface area contributed by atoms with Crippen molar-refractivity contribution in [1.82, 2.24) is 4.98 Å². The van der Waals surface area contributed by atoms with E-state index in [2.05, 4.69) is 17.1 Å². The Kier molecular flexibility index (Phi) is 3.27. The van der Waals surface area contributed by atoms with Crippen molar-refractivity contribution < 1.29 is 0 Å². The Morgan fingerprint density at radius 2 is 2.17 bits per heavy atom. The van der Waals surface area contributed by atoms with Crippen LogP contribution in [0.15, 0.2) is 30.5 Å². The summed E-state index contributed by atoms with van der Waals surface area (Å²) in [5, 5.41) is 2.20. The van der Waals surface area contributed by atoms with Gasteiger partial charge in [-0.05, 0) is 31.2 Å². The minimum absolute atomic E-state index is 1.03. The molecule has 1 aromatic heterocycles. The fourth-order valence-electron chi connectivity index (χ4n) is 1.00. The van der Waals surface area contributed by atoms with E-state index >= 15 is 0 Å². The zero-order valence-corrected chi connectivity index (χ0v) is 7.49. The Hall–Kier alpha value is -1.37. The van der Waals surface area contributed by atoms with Crippen LogP contribution in [0.4, 0.5) is 0 Å². The van der Waals surface area contributed by atoms with Crippen LogP contribution in [0.2, 0.25) is 0 Å². The Morgan fingerprint density at radius 3 is 2.83 bits per heavy atom. The molecule has 0 saturated carbocycles. The summed E-state index contributed by atoms with van der Waals surface area (Å²) in [5.74, 6) is 0. The van der Waals surface area contributed by atoms with E-state index in [1.165, 1.54) is 5.22 Å². The molecule has 0 fully saturated rings. The summed E-state index contributed by atoms with van der Waals surface area (Å²) in [7, 11) is 0. The van der Waals surface area contributed by atoms with E-state index in [1.54, 1.807) is 0 Å². The number of rotatable bonds is 1.